The van der Waals surface area contributed by atoms with Gasteiger partial charge in [-0.3, -0.25) is 0 Å². The Hall–Kier alpha value is -5.03. The number of hydrogen-bond acceptors (Lipinski definition) is 2. The van der Waals surface area contributed by atoms with E-state index in [1.807, 2.05) is 12.1 Å². The molecule has 0 atom stereocenters. The second kappa shape index (κ2) is 10.0. The van der Waals surface area contributed by atoms with Crippen LogP contribution in [0.25, 0.3) is 70.2 Å². The summed E-state index contributed by atoms with van der Waals surface area (Å²) in [5, 5.41) is 7.27. The molecule has 2 aromatic heterocycles. The van der Waals surface area contributed by atoms with Crippen molar-refractivity contribution < 1.29 is 4.43 Å². The van der Waals surface area contributed by atoms with Gasteiger partial charge in [-0.1, -0.05) is 103 Å². The van der Waals surface area contributed by atoms with E-state index in [-0.39, 0.29) is 0 Å². The predicted molar refractivity (Wildman–Crippen MR) is 190 cm³/mol. The normalized spacial score (nSPS) is 11.8. The number of hydrogen-bond donors (Lipinski definition) is 1. The molecular weight excluding hydrogens is 571 g/mol. The molecule has 208 valence electrons. The van der Waals surface area contributed by atoms with Crippen LogP contribution in [0.3, 0.4) is 0 Å². The summed E-state index contributed by atoms with van der Waals surface area (Å²) in [5.41, 5.74) is 6.03. The molecule has 4 heteroatoms. The molecule has 0 amide bonds. The molecule has 0 saturated heterocycles. The van der Waals surface area contributed by atoms with Crippen molar-refractivity contribution in [1.82, 2.24) is 4.57 Å². The Balaban J connectivity index is 1.22. The van der Waals surface area contributed by atoms with Gasteiger partial charge in [0.05, 0.1) is 16.8 Å². The van der Waals surface area contributed by atoms with Crippen LogP contribution in [0.1, 0.15) is 0 Å². The third kappa shape index (κ3) is 3.88. The van der Waals surface area contributed by atoms with E-state index in [9.17, 15) is 0 Å². The first-order valence-electron chi connectivity index (χ1n) is 14.8. The molecule has 0 unspecified atom stereocenters. The fourth-order valence-electron chi connectivity index (χ4n) is 6.81. The van der Waals surface area contributed by atoms with Crippen molar-refractivity contribution >= 4 is 74.6 Å². The van der Waals surface area contributed by atoms with E-state index < -0.39 is 8.64 Å². The molecule has 0 aliphatic carbocycles. The lowest BCUT2D eigenvalue weighted by Crippen LogP contribution is -2.07. The van der Waals surface area contributed by atoms with Gasteiger partial charge in [0.1, 0.15) is 0 Å². The topological polar surface area (TPSA) is 14.2 Å². The van der Waals surface area contributed by atoms with Gasteiger partial charge in [-0.05, 0) is 84.5 Å². The van der Waals surface area contributed by atoms with Crippen molar-refractivity contribution in [2.75, 3.05) is 0 Å². The van der Waals surface area contributed by atoms with Crippen LogP contribution in [0.5, 0.6) is 5.75 Å². The Kier molecular flexibility index (Phi) is 5.80. The van der Waals surface area contributed by atoms with Gasteiger partial charge in [-0.25, -0.2) is 0 Å². The van der Waals surface area contributed by atoms with Gasteiger partial charge in [-0.15, -0.1) is 22.6 Å². The highest BCUT2D eigenvalue weighted by molar-refractivity contribution is 7.80. The Bertz CT molecular complexity index is 2540. The van der Waals surface area contributed by atoms with E-state index in [0.717, 1.165) is 21.4 Å². The number of benzene rings is 7. The molecule has 9 aromatic rings. The molecule has 0 aliphatic heterocycles. The monoisotopic (exact) mass is 596 g/mol. The lowest BCUT2D eigenvalue weighted by atomic mass is 10.0. The van der Waals surface area contributed by atoms with Crippen LogP contribution in [0.4, 0.5) is 0 Å². The molecule has 0 N–H and O–H groups in total. The molecule has 0 radical (unpaired) electrons. The van der Waals surface area contributed by atoms with E-state index in [1.54, 1.807) is 0 Å². The average molecular weight is 597 g/mol. The van der Waals surface area contributed by atoms with Gasteiger partial charge in [0.15, 0.2) is 0 Å². The number of thiol groups is 1. The zero-order chi connectivity index (χ0) is 29.2. The van der Waals surface area contributed by atoms with Crippen molar-refractivity contribution in [2.24, 2.45) is 0 Å². The highest BCUT2D eigenvalue weighted by atomic mass is 32.1. The Morgan fingerprint density at radius 1 is 0.500 bits per heavy atom. The summed E-state index contributed by atoms with van der Waals surface area (Å²) in [6.45, 7) is 0. The number of nitrogens with zero attached hydrogens (tertiary/aromatic N) is 1. The molecule has 0 aliphatic rings. The minimum atomic E-state index is -1.51. The van der Waals surface area contributed by atoms with Crippen LogP contribution in [-0.2, 0) is 0 Å². The highest BCUT2D eigenvalue weighted by Crippen LogP contribution is 2.38. The van der Waals surface area contributed by atoms with Gasteiger partial charge in [0, 0.05) is 26.7 Å². The molecule has 0 saturated carbocycles. The van der Waals surface area contributed by atoms with Crippen LogP contribution in [-0.4, -0.2) is 13.2 Å². The van der Waals surface area contributed by atoms with Crippen molar-refractivity contribution in [3.05, 3.63) is 152 Å². The standard InChI is InChI=1S/C40H26NOSSi/c43-37-18-9-11-26-10-8-17-36(40(26)37)42-44-38-19-7-5-15-31(38)33-25-28(21-23-39(33)44)27-20-22-35-32(24-27)30-14-4-6-16-34(30)41(35)29-12-2-1-3-13-29/h1-25,43H/q-1. The molecule has 9 rings (SSSR count). The Morgan fingerprint density at radius 3 is 2.02 bits per heavy atom. The summed E-state index contributed by atoms with van der Waals surface area (Å²) >= 11 is 4.78. The SMILES string of the molecule is Sc1cccc2cccc(O[si-]3c4ccccc4c4cc(-c5ccc6c(c5)c5ccccc5n6-c5ccccc5)ccc43)c12. The molecule has 2 nitrogen and oxygen atoms in total. The maximum absolute atomic E-state index is 6.97. The van der Waals surface area contributed by atoms with Crippen molar-refractivity contribution in [2.45, 2.75) is 4.90 Å². The summed E-state index contributed by atoms with van der Waals surface area (Å²) in [6.07, 6.45) is 0. The number of aromatic nitrogens is 1. The smallest absolute Gasteiger partial charge is 0.0846 e. The van der Waals surface area contributed by atoms with Gasteiger partial charge in [0.2, 0.25) is 0 Å². The third-order valence-corrected chi connectivity index (χ3v) is 11.5. The highest BCUT2D eigenvalue weighted by Gasteiger charge is 2.14. The van der Waals surface area contributed by atoms with Crippen molar-refractivity contribution in [3.63, 3.8) is 0 Å². The molecule has 0 spiro atoms. The van der Waals surface area contributed by atoms with Crippen LogP contribution < -0.4 is 4.43 Å². The maximum atomic E-state index is 6.97. The summed E-state index contributed by atoms with van der Waals surface area (Å²) in [6, 6.07) is 54.3. The van der Waals surface area contributed by atoms with Crippen LogP contribution in [0.15, 0.2) is 157 Å². The molecule has 0 fully saturated rings. The Morgan fingerprint density at radius 2 is 1.16 bits per heavy atom. The van der Waals surface area contributed by atoms with E-state index in [0.29, 0.717) is 0 Å². The fraction of sp³-hybridized carbons (Fsp3) is 0. The fourth-order valence-corrected chi connectivity index (χ4v) is 9.43. The van der Waals surface area contributed by atoms with E-state index >= 15 is 0 Å². The molecule has 44 heavy (non-hydrogen) atoms. The molecular formula is C40H26NOSSi-. The molecule has 7 aromatic carbocycles. The van der Waals surface area contributed by atoms with Gasteiger partial charge >= 0.3 is 0 Å². The van der Waals surface area contributed by atoms with Crippen LogP contribution >= 0.6 is 12.6 Å². The van der Waals surface area contributed by atoms with Crippen molar-refractivity contribution in [1.29, 1.82) is 0 Å². The zero-order valence-electron chi connectivity index (χ0n) is 23.7. The molecule has 2 heterocycles. The van der Waals surface area contributed by atoms with Gasteiger partial charge in [0.25, 0.3) is 0 Å². The number of para-hydroxylation sites is 2. The van der Waals surface area contributed by atoms with Crippen LogP contribution in [0, 0.1) is 0 Å². The third-order valence-electron chi connectivity index (χ3n) is 8.80. The first-order valence-corrected chi connectivity index (χ1v) is 16.7. The average Bonchev–Trinajstić information content (AvgIpc) is 3.57. The maximum Gasteiger partial charge on any atom is 0.0846 e. The largest absolute Gasteiger partial charge is 0.679 e. The molecule has 0 bridgehead atoms. The second-order valence-electron chi connectivity index (χ2n) is 11.3. The van der Waals surface area contributed by atoms with Crippen molar-refractivity contribution in [3.8, 4) is 22.6 Å². The predicted octanol–water partition coefficient (Wildman–Crippen LogP) is 10.8. The lowest BCUT2D eigenvalue weighted by molar-refractivity contribution is 0.609. The minimum Gasteiger partial charge on any atom is -0.679 e. The quantitative estimate of drug-likeness (QED) is 0.158. The first kappa shape index (κ1) is 25.5. The van der Waals surface area contributed by atoms with Gasteiger partial charge < -0.3 is 8.99 Å². The number of fused-ring (bicyclic) bond motifs is 7. The summed E-state index contributed by atoms with van der Waals surface area (Å²) in [5.74, 6) is 0.897. The van der Waals surface area contributed by atoms with E-state index in [1.165, 1.54) is 59.4 Å². The zero-order valence-corrected chi connectivity index (χ0v) is 25.6. The number of rotatable bonds is 4. The lowest BCUT2D eigenvalue weighted by Gasteiger charge is -2.22. The summed E-state index contributed by atoms with van der Waals surface area (Å²) in [4.78, 5) is 3.52. The minimum absolute atomic E-state index is 0.897. The summed E-state index contributed by atoms with van der Waals surface area (Å²) in [7, 11) is -1.51. The van der Waals surface area contributed by atoms with Gasteiger partial charge in [-0.2, -0.15) is 0 Å². The first-order chi connectivity index (χ1) is 21.7. The van der Waals surface area contributed by atoms with Crippen LogP contribution in [0.2, 0.25) is 0 Å². The van der Waals surface area contributed by atoms with E-state index in [2.05, 4.69) is 144 Å². The van der Waals surface area contributed by atoms with E-state index in [4.69, 9.17) is 17.1 Å². The second-order valence-corrected chi connectivity index (χ2v) is 13.7. The Labute approximate surface area is 261 Å². The summed E-state index contributed by atoms with van der Waals surface area (Å²) < 4.78 is 9.33.